The average molecular weight is 270 g/mol. The molecule has 19 heavy (non-hydrogen) atoms. The van der Waals surface area contributed by atoms with E-state index in [1.807, 2.05) is 24.3 Å². The van der Waals surface area contributed by atoms with Gasteiger partial charge in [-0.25, -0.2) is 0 Å². The molecule has 0 spiro atoms. The summed E-state index contributed by atoms with van der Waals surface area (Å²) < 4.78 is 0. The number of nitrogens with one attached hydrogen (secondary N) is 1. The fraction of sp³-hybridized carbons (Fsp3) is 0.200. The molecule has 1 atom stereocenters. The van der Waals surface area contributed by atoms with Crippen LogP contribution < -0.4 is 5.32 Å². The zero-order valence-electron chi connectivity index (χ0n) is 10.4. The molecule has 0 aliphatic carbocycles. The Hall–Kier alpha value is -1.81. The lowest BCUT2D eigenvalue weighted by atomic mass is 10.1. The lowest BCUT2D eigenvalue weighted by Crippen LogP contribution is -2.31. The summed E-state index contributed by atoms with van der Waals surface area (Å²) in [6, 6.07) is 12.0. The number of carbonyl (C=O) groups excluding carboxylic acids is 1. The van der Waals surface area contributed by atoms with Gasteiger partial charge in [0.15, 0.2) is 0 Å². The SMILES string of the molecule is O=C(NCc1cccnc1)[C@@H]1Cc2ccccc2S1. The summed E-state index contributed by atoms with van der Waals surface area (Å²) in [5, 5.41) is 2.97. The van der Waals surface area contributed by atoms with Crippen molar-refractivity contribution < 1.29 is 4.79 Å². The number of carbonyl (C=O) groups is 1. The van der Waals surface area contributed by atoms with Crippen LogP contribution in [0.4, 0.5) is 0 Å². The predicted molar refractivity (Wildman–Crippen MR) is 75.9 cm³/mol. The molecule has 0 radical (unpaired) electrons. The number of rotatable bonds is 3. The maximum Gasteiger partial charge on any atom is 0.234 e. The van der Waals surface area contributed by atoms with Crippen LogP contribution in [-0.4, -0.2) is 16.1 Å². The van der Waals surface area contributed by atoms with Crippen molar-refractivity contribution >= 4 is 17.7 Å². The summed E-state index contributed by atoms with van der Waals surface area (Å²) in [4.78, 5) is 17.4. The molecule has 1 N–H and O–H groups in total. The molecule has 1 aliphatic heterocycles. The van der Waals surface area contributed by atoms with Crippen LogP contribution in [0.3, 0.4) is 0 Å². The zero-order chi connectivity index (χ0) is 13.1. The Kier molecular flexibility index (Phi) is 3.51. The minimum atomic E-state index is -0.00549. The number of benzene rings is 1. The van der Waals surface area contributed by atoms with E-state index in [1.165, 1.54) is 10.5 Å². The molecular weight excluding hydrogens is 256 g/mol. The summed E-state index contributed by atoms with van der Waals surface area (Å²) in [6.07, 6.45) is 4.32. The van der Waals surface area contributed by atoms with Crippen molar-refractivity contribution in [1.82, 2.24) is 10.3 Å². The van der Waals surface area contributed by atoms with Crippen molar-refractivity contribution in [3.63, 3.8) is 0 Å². The Morgan fingerprint density at radius 2 is 2.21 bits per heavy atom. The Morgan fingerprint density at radius 3 is 3.00 bits per heavy atom. The fourth-order valence-corrected chi connectivity index (χ4v) is 3.35. The molecule has 0 bridgehead atoms. The van der Waals surface area contributed by atoms with Crippen molar-refractivity contribution in [2.24, 2.45) is 0 Å². The first-order chi connectivity index (χ1) is 9.33. The molecule has 1 aromatic heterocycles. The number of aromatic nitrogens is 1. The topological polar surface area (TPSA) is 42.0 Å². The number of nitrogens with zero attached hydrogens (tertiary/aromatic N) is 1. The zero-order valence-corrected chi connectivity index (χ0v) is 11.2. The van der Waals surface area contributed by atoms with Crippen LogP contribution in [0.2, 0.25) is 0 Å². The minimum absolute atomic E-state index is 0.00549. The van der Waals surface area contributed by atoms with Gasteiger partial charge < -0.3 is 5.32 Å². The number of hydrogen-bond acceptors (Lipinski definition) is 3. The first-order valence-corrected chi connectivity index (χ1v) is 7.12. The number of amides is 1. The number of hydrogen-bond donors (Lipinski definition) is 1. The van der Waals surface area contributed by atoms with E-state index < -0.39 is 0 Å². The summed E-state index contributed by atoms with van der Waals surface area (Å²) >= 11 is 1.65. The normalized spacial score (nSPS) is 16.9. The van der Waals surface area contributed by atoms with Crippen LogP contribution in [-0.2, 0) is 17.8 Å². The molecule has 3 rings (SSSR count). The smallest absolute Gasteiger partial charge is 0.234 e. The maximum absolute atomic E-state index is 12.1. The summed E-state index contributed by atoms with van der Waals surface area (Å²) in [5.41, 5.74) is 2.30. The maximum atomic E-state index is 12.1. The van der Waals surface area contributed by atoms with Gasteiger partial charge in [-0.15, -0.1) is 11.8 Å². The number of fused-ring (bicyclic) bond motifs is 1. The van der Waals surface area contributed by atoms with Crippen LogP contribution in [0.15, 0.2) is 53.7 Å². The number of thioether (sulfide) groups is 1. The molecule has 0 fully saturated rings. The van der Waals surface area contributed by atoms with E-state index in [0.717, 1.165) is 12.0 Å². The first kappa shape index (κ1) is 12.2. The highest BCUT2D eigenvalue weighted by atomic mass is 32.2. The molecule has 4 heteroatoms. The third-order valence-electron chi connectivity index (χ3n) is 3.13. The number of pyridine rings is 1. The highest BCUT2D eigenvalue weighted by Crippen LogP contribution is 2.36. The Balaban J connectivity index is 1.58. The van der Waals surface area contributed by atoms with Crippen LogP contribution in [0, 0.1) is 0 Å². The third kappa shape index (κ3) is 2.79. The lowest BCUT2D eigenvalue weighted by molar-refractivity contribution is -0.120. The monoisotopic (exact) mass is 270 g/mol. The second-order valence-electron chi connectivity index (χ2n) is 4.50. The van der Waals surface area contributed by atoms with Gasteiger partial charge in [-0.3, -0.25) is 9.78 Å². The van der Waals surface area contributed by atoms with Crippen LogP contribution >= 0.6 is 11.8 Å². The minimum Gasteiger partial charge on any atom is -0.351 e. The summed E-state index contributed by atoms with van der Waals surface area (Å²) in [6.45, 7) is 0.542. The largest absolute Gasteiger partial charge is 0.351 e. The summed E-state index contributed by atoms with van der Waals surface area (Å²) in [7, 11) is 0. The van der Waals surface area contributed by atoms with E-state index in [-0.39, 0.29) is 11.2 Å². The van der Waals surface area contributed by atoms with Crippen molar-refractivity contribution in [2.45, 2.75) is 23.1 Å². The van der Waals surface area contributed by atoms with E-state index in [9.17, 15) is 4.79 Å². The molecular formula is C15H14N2OS. The fourth-order valence-electron chi connectivity index (χ4n) is 2.13. The molecule has 0 unspecified atom stereocenters. The Labute approximate surface area is 116 Å². The highest BCUT2D eigenvalue weighted by Gasteiger charge is 2.27. The van der Waals surface area contributed by atoms with E-state index >= 15 is 0 Å². The van der Waals surface area contributed by atoms with E-state index in [4.69, 9.17) is 0 Å². The van der Waals surface area contributed by atoms with Crippen molar-refractivity contribution in [3.05, 3.63) is 59.9 Å². The van der Waals surface area contributed by atoms with Crippen molar-refractivity contribution in [1.29, 1.82) is 0 Å². The highest BCUT2D eigenvalue weighted by molar-refractivity contribution is 8.01. The van der Waals surface area contributed by atoms with Gasteiger partial charge in [0.25, 0.3) is 0 Å². The molecule has 2 heterocycles. The third-order valence-corrected chi connectivity index (χ3v) is 4.45. The Morgan fingerprint density at radius 1 is 1.32 bits per heavy atom. The molecule has 96 valence electrons. The van der Waals surface area contributed by atoms with Crippen LogP contribution in [0.1, 0.15) is 11.1 Å². The quantitative estimate of drug-likeness (QED) is 0.931. The molecule has 0 saturated carbocycles. The van der Waals surface area contributed by atoms with Crippen LogP contribution in [0.25, 0.3) is 0 Å². The Bertz CT molecular complexity index is 561. The van der Waals surface area contributed by atoms with Gasteiger partial charge in [0.2, 0.25) is 5.91 Å². The van der Waals surface area contributed by atoms with Gasteiger partial charge in [-0.05, 0) is 29.7 Å². The van der Waals surface area contributed by atoms with Gasteiger partial charge >= 0.3 is 0 Å². The molecule has 1 aromatic carbocycles. The van der Waals surface area contributed by atoms with Crippen molar-refractivity contribution in [2.75, 3.05) is 0 Å². The molecule has 2 aromatic rings. The second kappa shape index (κ2) is 5.45. The molecule has 3 nitrogen and oxygen atoms in total. The average Bonchev–Trinajstić information content (AvgIpc) is 2.90. The lowest BCUT2D eigenvalue weighted by Gasteiger charge is -2.09. The van der Waals surface area contributed by atoms with Gasteiger partial charge in [0, 0.05) is 23.8 Å². The standard InChI is InChI=1S/C15H14N2OS/c18-15(17-10-11-4-3-7-16-9-11)14-8-12-5-1-2-6-13(12)19-14/h1-7,9,14H,8,10H2,(H,17,18)/t14-/m0/s1. The van der Waals surface area contributed by atoms with Crippen LogP contribution in [0.5, 0.6) is 0 Å². The van der Waals surface area contributed by atoms with Gasteiger partial charge in [-0.2, -0.15) is 0 Å². The predicted octanol–water partition coefficient (Wildman–Crippen LogP) is 2.41. The van der Waals surface area contributed by atoms with E-state index in [1.54, 1.807) is 24.2 Å². The molecule has 0 saturated heterocycles. The van der Waals surface area contributed by atoms with Crippen molar-refractivity contribution in [3.8, 4) is 0 Å². The van der Waals surface area contributed by atoms with E-state index in [2.05, 4.69) is 22.4 Å². The molecule has 1 aliphatic rings. The van der Waals surface area contributed by atoms with Gasteiger partial charge in [0.1, 0.15) is 0 Å². The second-order valence-corrected chi connectivity index (χ2v) is 5.74. The van der Waals surface area contributed by atoms with Gasteiger partial charge in [-0.1, -0.05) is 24.3 Å². The van der Waals surface area contributed by atoms with E-state index in [0.29, 0.717) is 6.54 Å². The first-order valence-electron chi connectivity index (χ1n) is 6.24. The summed E-state index contributed by atoms with van der Waals surface area (Å²) in [5.74, 6) is 0.102. The molecule has 1 amide bonds. The van der Waals surface area contributed by atoms with Gasteiger partial charge in [0.05, 0.1) is 5.25 Å².